The summed E-state index contributed by atoms with van der Waals surface area (Å²) in [6, 6.07) is 12.0. The van der Waals surface area contributed by atoms with Gasteiger partial charge in [-0.2, -0.15) is 0 Å². The third kappa shape index (κ3) is 3.18. The molecule has 3 aliphatic rings. The van der Waals surface area contributed by atoms with Crippen molar-refractivity contribution < 1.29 is 9.53 Å². The maximum absolute atomic E-state index is 13.4. The van der Waals surface area contributed by atoms with Crippen LogP contribution in [0.2, 0.25) is 0 Å². The quantitative estimate of drug-likeness (QED) is 0.819. The molecule has 5 nitrogen and oxygen atoms in total. The summed E-state index contributed by atoms with van der Waals surface area (Å²) in [6.07, 6.45) is 7.78. The highest BCUT2D eigenvalue weighted by Gasteiger charge is 2.32. The summed E-state index contributed by atoms with van der Waals surface area (Å²) >= 11 is 0. The predicted octanol–water partition coefficient (Wildman–Crippen LogP) is 3.68. The fraction of sp³-hybridized carbons (Fsp3) is 0.478. The van der Waals surface area contributed by atoms with E-state index in [0.29, 0.717) is 12.0 Å². The van der Waals surface area contributed by atoms with Gasteiger partial charge in [0.15, 0.2) is 0 Å². The fourth-order valence-corrected chi connectivity index (χ4v) is 4.97. The van der Waals surface area contributed by atoms with Crippen molar-refractivity contribution in [3.63, 3.8) is 0 Å². The molecule has 0 radical (unpaired) electrons. The Hall–Kier alpha value is -2.40. The van der Waals surface area contributed by atoms with Gasteiger partial charge in [0, 0.05) is 38.1 Å². The summed E-state index contributed by atoms with van der Waals surface area (Å²) in [4.78, 5) is 22.2. The van der Waals surface area contributed by atoms with Crippen LogP contribution in [0.4, 0.5) is 11.5 Å². The minimum absolute atomic E-state index is 0.0642. The summed E-state index contributed by atoms with van der Waals surface area (Å²) < 4.78 is 5.90. The summed E-state index contributed by atoms with van der Waals surface area (Å²) in [7, 11) is 0. The SMILES string of the molecule is O=C(c1cccnc1N1CCC(C2CCCO2)CC1)N1CCc2ccccc21. The Kier molecular flexibility index (Phi) is 4.77. The van der Waals surface area contributed by atoms with Gasteiger partial charge < -0.3 is 14.5 Å². The van der Waals surface area contributed by atoms with Crippen LogP contribution in [-0.4, -0.2) is 43.2 Å². The van der Waals surface area contributed by atoms with E-state index in [9.17, 15) is 4.79 Å². The van der Waals surface area contributed by atoms with Gasteiger partial charge in [-0.05, 0) is 61.8 Å². The van der Waals surface area contributed by atoms with Crippen LogP contribution in [0, 0.1) is 5.92 Å². The summed E-state index contributed by atoms with van der Waals surface area (Å²) in [5.41, 5.74) is 3.01. The Labute approximate surface area is 166 Å². The minimum atomic E-state index is 0.0642. The van der Waals surface area contributed by atoms with Gasteiger partial charge in [-0.25, -0.2) is 4.98 Å². The van der Waals surface area contributed by atoms with Crippen molar-refractivity contribution in [2.75, 3.05) is 36.0 Å². The Morgan fingerprint density at radius 2 is 1.89 bits per heavy atom. The molecule has 2 aromatic rings. The zero-order valence-corrected chi connectivity index (χ0v) is 16.2. The number of hydrogen-bond acceptors (Lipinski definition) is 4. The van der Waals surface area contributed by atoms with E-state index in [0.717, 1.165) is 62.6 Å². The molecule has 1 aromatic heterocycles. The fourth-order valence-electron chi connectivity index (χ4n) is 4.97. The van der Waals surface area contributed by atoms with Gasteiger partial charge in [0.05, 0.1) is 11.7 Å². The lowest BCUT2D eigenvalue weighted by Crippen LogP contribution is -2.39. The molecule has 4 heterocycles. The predicted molar refractivity (Wildman–Crippen MR) is 110 cm³/mol. The molecule has 5 heteroatoms. The molecule has 28 heavy (non-hydrogen) atoms. The molecule has 0 N–H and O–H groups in total. The third-order valence-electron chi connectivity index (χ3n) is 6.48. The number of amides is 1. The summed E-state index contributed by atoms with van der Waals surface area (Å²) in [5.74, 6) is 1.55. The van der Waals surface area contributed by atoms with Crippen LogP contribution in [0.5, 0.6) is 0 Å². The molecule has 2 fully saturated rings. The molecule has 2 saturated heterocycles. The summed E-state index contributed by atoms with van der Waals surface area (Å²) in [6.45, 7) is 3.55. The Balaban J connectivity index is 1.34. The number of rotatable bonds is 3. The van der Waals surface area contributed by atoms with Crippen molar-refractivity contribution >= 4 is 17.4 Å². The number of fused-ring (bicyclic) bond motifs is 1. The topological polar surface area (TPSA) is 45.7 Å². The Morgan fingerprint density at radius 1 is 1.04 bits per heavy atom. The molecule has 1 atom stereocenters. The number of aromatic nitrogens is 1. The van der Waals surface area contributed by atoms with Crippen LogP contribution in [0.3, 0.4) is 0 Å². The second kappa shape index (κ2) is 7.55. The number of ether oxygens (including phenoxy) is 1. The number of piperidine rings is 1. The first-order valence-corrected chi connectivity index (χ1v) is 10.5. The molecular formula is C23H27N3O2. The highest BCUT2D eigenvalue weighted by Crippen LogP contribution is 2.33. The van der Waals surface area contributed by atoms with Crippen LogP contribution in [-0.2, 0) is 11.2 Å². The highest BCUT2D eigenvalue weighted by molar-refractivity contribution is 6.10. The van der Waals surface area contributed by atoms with Gasteiger partial charge in [0.1, 0.15) is 5.82 Å². The molecular weight excluding hydrogens is 350 g/mol. The van der Waals surface area contributed by atoms with Crippen LogP contribution in [0.1, 0.15) is 41.6 Å². The number of carbonyl (C=O) groups is 1. The minimum Gasteiger partial charge on any atom is -0.378 e. The van der Waals surface area contributed by atoms with Crippen LogP contribution >= 0.6 is 0 Å². The maximum atomic E-state index is 13.4. The molecule has 1 unspecified atom stereocenters. The van der Waals surface area contributed by atoms with Crippen molar-refractivity contribution in [2.45, 2.75) is 38.2 Å². The second-order valence-electron chi connectivity index (χ2n) is 8.09. The zero-order valence-electron chi connectivity index (χ0n) is 16.2. The average molecular weight is 377 g/mol. The van der Waals surface area contributed by atoms with Gasteiger partial charge in [-0.15, -0.1) is 0 Å². The number of para-hydroxylation sites is 1. The van der Waals surface area contributed by atoms with Crippen molar-refractivity contribution in [2.24, 2.45) is 5.92 Å². The first-order valence-electron chi connectivity index (χ1n) is 10.5. The van der Waals surface area contributed by atoms with Crippen molar-refractivity contribution in [1.82, 2.24) is 4.98 Å². The standard InChI is InChI=1S/C23H27N3O2/c27-23(26-15-11-17-5-1-2-7-20(17)26)19-6-3-12-24-22(19)25-13-9-18(10-14-25)21-8-4-16-28-21/h1-3,5-7,12,18,21H,4,8-11,13-16H2. The number of hydrogen-bond donors (Lipinski definition) is 0. The van der Waals surface area contributed by atoms with E-state index in [-0.39, 0.29) is 5.91 Å². The van der Waals surface area contributed by atoms with E-state index in [1.54, 1.807) is 6.20 Å². The lowest BCUT2D eigenvalue weighted by atomic mass is 9.89. The largest absolute Gasteiger partial charge is 0.378 e. The second-order valence-corrected chi connectivity index (χ2v) is 8.09. The Bertz CT molecular complexity index is 854. The average Bonchev–Trinajstić information content (AvgIpc) is 3.44. The summed E-state index contributed by atoms with van der Waals surface area (Å²) in [5, 5.41) is 0. The first-order chi connectivity index (χ1) is 13.8. The number of anilines is 2. The zero-order chi connectivity index (χ0) is 18.9. The van der Waals surface area contributed by atoms with Gasteiger partial charge in [0.25, 0.3) is 5.91 Å². The first kappa shape index (κ1) is 17.7. The van der Waals surface area contributed by atoms with Crippen LogP contribution in [0.15, 0.2) is 42.6 Å². The smallest absolute Gasteiger partial charge is 0.262 e. The number of carbonyl (C=O) groups excluding carboxylic acids is 1. The lowest BCUT2D eigenvalue weighted by Gasteiger charge is -2.36. The van der Waals surface area contributed by atoms with Crippen molar-refractivity contribution in [3.8, 4) is 0 Å². The molecule has 0 saturated carbocycles. The van der Waals surface area contributed by atoms with E-state index < -0.39 is 0 Å². The lowest BCUT2D eigenvalue weighted by molar-refractivity contribution is 0.0531. The molecule has 0 aliphatic carbocycles. The number of pyridine rings is 1. The molecule has 5 rings (SSSR count). The van der Waals surface area contributed by atoms with Crippen molar-refractivity contribution in [3.05, 3.63) is 53.7 Å². The van der Waals surface area contributed by atoms with E-state index in [1.807, 2.05) is 35.2 Å². The molecule has 1 amide bonds. The molecule has 1 aromatic carbocycles. The Morgan fingerprint density at radius 3 is 2.71 bits per heavy atom. The van der Waals surface area contributed by atoms with E-state index in [4.69, 9.17) is 4.74 Å². The van der Waals surface area contributed by atoms with E-state index in [2.05, 4.69) is 16.0 Å². The van der Waals surface area contributed by atoms with Crippen LogP contribution in [0.25, 0.3) is 0 Å². The van der Waals surface area contributed by atoms with E-state index >= 15 is 0 Å². The van der Waals surface area contributed by atoms with Gasteiger partial charge in [-0.3, -0.25) is 4.79 Å². The molecule has 0 spiro atoms. The molecule has 146 valence electrons. The normalized spacial score (nSPS) is 22.5. The molecule has 3 aliphatic heterocycles. The van der Waals surface area contributed by atoms with Gasteiger partial charge in [-0.1, -0.05) is 18.2 Å². The third-order valence-corrected chi connectivity index (χ3v) is 6.48. The van der Waals surface area contributed by atoms with Gasteiger partial charge >= 0.3 is 0 Å². The van der Waals surface area contributed by atoms with Crippen molar-refractivity contribution in [1.29, 1.82) is 0 Å². The monoisotopic (exact) mass is 377 g/mol. The van der Waals surface area contributed by atoms with Crippen LogP contribution < -0.4 is 9.80 Å². The van der Waals surface area contributed by atoms with E-state index in [1.165, 1.54) is 18.4 Å². The number of nitrogens with zero attached hydrogens (tertiary/aromatic N) is 3. The highest BCUT2D eigenvalue weighted by atomic mass is 16.5. The maximum Gasteiger partial charge on any atom is 0.262 e. The number of benzene rings is 1. The van der Waals surface area contributed by atoms with Gasteiger partial charge in [0.2, 0.25) is 0 Å². The molecule has 0 bridgehead atoms.